The number of hydrogen-bond acceptors (Lipinski definition) is 3. The summed E-state index contributed by atoms with van der Waals surface area (Å²) in [5.74, 6) is -0.733. The predicted octanol–water partition coefficient (Wildman–Crippen LogP) is 5.87. The van der Waals surface area contributed by atoms with E-state index in [0.717, 1.165) is 17.7 Å². The highest BCUT2D eigenvalue weighted by Gasteiger charge is 2.50. The molecule has 2 aromatic rings. The Morgan fingerprint density at radius 3 is 2.35 bits per heavy atom. The van der Waals surface area contributed by atoms with Crippen LogP contribution < -0.4 is 5.73 Å². The Kier molecular flexibility index (Phi) is 8.80. The van der Waals surface area contributed by atoms with Crippen molar-refractivity contribution in [1.82, 2.24) is 0 Å². The van der Waals surface area contributed by atoms with E-state index in [1.54, 1.807) is 6.07 Å². The van der Waals surface area contributed by atoms with Gasteiger partial charge in [-0.05, 0) is 36.5 Å². The minimum absolute atomic E-state index is 0.00545. The van der Waals surface area contributed by atoms with Crippen molar-refractivity contribution in [2.45, 2.75) is 76.6 Å². The van der Waals surface area contributed by atoms with Crippen LogP contribution in [0.25, 0.3) is 0 Å². The molecular formula is C29H35F3N3O2+. The van der Waals surface area contributed by atoms with Gasteiger partial charge in [-0.3, -0.25) is 4.79 Å². The van der Waals surface area contributed by atoms with Crippen molar-refractivity contribution < 1.29 is 27.2 Å². The number of benzene rings is 2. The van der Waals surface area contributed by atoms with E-state index in [1.165, 1.54) is 6.07 Å². The molecule has 0 aromatic heterocycles. The molecule has 3 atom stereocenters. The van der Waals surface area contributed by atoms with Crippen LogP contribution in [0.2, 0.25) is 0 Å². The van der Waals surface area contributed by atoms with E-state index in [1.807, 2.05) is 44.2 Å². The highest BCUT2D eigenvalue weighted by molar-refractivity contribution is 5.82. The fraction of sp³-hybridized carbons (Fsp3) is 0.483. The van der Waals surface area contributed by atoms with Crippen molar-refractivity contribution in [1.29, 1.82) is 5.26 Å². The van der Waals surface area contributed by atoms with Gasteiger partial charge in [-0.2, -0.15) is 18.4 Å². The fourth-order valence-corrected chi connectivity index (χ4v) is 5.76. The predicted molar refractivity (Wildman–Crippen MR) is 135 cm³/mol. The van der Waals surface area contributed by atoms with Gasteiger partial charge in [0, 0.05) is 18.4 Å². The number of unbranched alkanes of at least 4 members (excludes halogenated alkanes) is 1. The molecule has 1 fully saturated rings. The lowest BCUT2D eigenvalue weighted by Gasteiger charge is -2.36. The van der Waals surface area contributed by atoms with Gasteiger partial charge in [0.05, 0.1) is 30.0 Å². The number of likely N-dealkylation sites (tertiary alicyclic amines) is 1. The zero-order chi connectivity index (χ0) is 27.3. The molecule has 2 N–H and O–H groups in total. The average molecular weight is 515 g/mol. The maximum absolute atomic E-state index is 13.6. The van der Waals surface area contributed by atoms with Crippen molar-refractivity contribution in [3.05, 3.63) is 71.3 Å². The number of rotatable bonds is 10. The Balaban J connectivity index is 1.78. The highest BCUT2D eigenvalue weighted by atomic mass is 19.4. The summed E-state index contributed by atoms with van der Waals surface area (Å²) < 4.78 is 39.6. The standard InChI is InChI=1S/C29H34F3N3O2/c1-21(2)28(20-33,23-11-4-3-5-12-23)16-7-6-15-26(36)35(17-9-14-25(35)27(34)37)19-22-10-8-13-24(18-22)29(30,31)32/h3-5,8,10-13,18,21,25H,6-7,9,14-17,19H2,1-2H3,(H-,34,37)/p+1/t25?,28-,35+/m0/s1. The molecule has 2 aromatic carbocycles. The lowest BCUT2D eigenvalue weighted by Crippen LogP contribution is -2.59. The van der Waals surface area contributed by atoms with E-state index in [-0.39, 0.29) is 29.3 Å². The molecule has 37 heavy (non-hydrogen) atoms. The first-order valence-electron chi connectivity index (χ1n) is 12.8. The largest absolute Gasteiger partial charge is 0.416 e. The number of halogens is 3. The van der Waals surface area contributed by atoms with Gasteiger partial charge in [0.2, 0.25) is 0 Å². The van der Waals surface area contributed by atoms with Crippen molar-refractivity contribution in [2.24, 2.45) is 11.7 Å². The number of primary amides is 1. The number of carbonyl (C=O) groups is 2. The van der Waals surface area contributed by atoms with Crippen LogP contribution in [0.15, 0.2) is 54.6 Å². The lowest BCUT2D eigenvalue weighted by molar-refractivity contribution is -0.871. The van der Waals surface area contributed by atoms with Gasteiger partial charge in [-0.25, -0.2) is 9.28 Å². The van der Waals surface area contributed by atoms with E-state index >= 15 is 0 Å². The van der Waals surface area contributed by atoms with Crippen molar-refractivity contribution in [2.75, 3.05) is 6.54 Å². The summed E-state index contributed by atoms with van der Waals surface area (Å²) in [6.45, 7) is 4.38. The maximum Gasteiger partial charge on any atom is 0.416 e. The normalized spacial score (nSPS) is 21.4. The summed E-state index contributed by atoms with van der Waals surface area (Å²) in [6, 6.07) is 16.3. The Hall–Kier alpha value is -3.18. The second-order valence-electron chi connectivity index (χ2n) is 10.4. The lowest BCUT2D eigenvalue weighted by atomic mass is 9.69. The molecule has 1 aliphatic rings. The molecule has 198 valence electrons. The third kappa shape index (κ3) is 6.04. The van der Waals surface area contributed by atoms with Crippen LogP contribution in [0.5, 0.6) is 0 Å². The summed E-state index contributed by atoms with van der Waals surface area (Å²) in [4.78, 5) is 26.0. The molecule has 5 nitrogen and oxygen atoms in total. The van der Waals surface area contributed by atoms with E-state index in [0.29, 0.717) is 44.2 Å². The molecule has 1 heterocycles. The minimum atomic E-state index is -4.50. The maximum atomic E-state index is 13.6. The molecule has 0 bridgehead atoms. The number of quaternary nitrogens is 1. The summed E-state index contributed by atoms with van der Waals surface area (Å²) >= 11 is 0. The van der Waals surface area contributed by atoms with Gasteiger partial charge in [0.15, 0.2) is 6.04 Å². The zero-order valence-corrected chi connectivity index (χ0v) is 21.4. The van der Waals surface area contributed by atoms with E-state index < -0.39 is 29.1 Å². The Labute approximate surface area is 216 Å². The Bertz CT molecular complexity index is 1140. The van der Waals surface area contributed by atoms with Crippen molar-refractivity contribution in [3.63, 3.8) is 0 Å². The number of hydrogen-bond donors (Lipinski definition) is 1. The number of nitriles is 1. The summed E-state index contributed by atoms with van der Waals surface area (Å²) in [5.41, 5.74) is 5.50. The van der Waals surface area contributed by atoms with Gasteiger partial charge in [0.1, 0.15) is 6.54 Å². The number of amides is 2. The minimum Gasteiger partial charge on any atom is -0.364 e. The fourth-order valence-electron chi connectivity index (χ4n) is 5.76. The van der Waals surface area contributed by atoms with Crippen LogP contribution >= 0.6 is 0 Å². The van der Waals surface area contributed by atoms with Crippen LogP contribution in [0.3, 0.4) is 0 Å². The van der Waals surface area contributed by atoms with Crippen LogP contribution in [0.4, 0.5) is 13.2 Å². The molecule has 0 aliphatic carbocycles. The quantitative estimate of drug-likeness (QED) is 0.318. The first-order valence-corrected chi connectivity index (χ1v) is 12.8. The monoisotopic (exact) mass is 514 g/mol. The molecule has 1 aliphatic heterocycles. The summed E-state index contributed by atoms with van der Waals surface area (Å²) in [7, 11) is 0. The topological polar surface area (TPSA) is 83.9 Å². The molecule has 0 radical (unpaired) electrons. The van der Waals surface area contributed by atoms with Gasteiger partial charge in [-0.15, -0.1) is 0 Å². The highest BCUT2D eigenvalue weighted by Crippen LogP contribution is 2.38. The van der Waals surface area contributed by atoms with Crippen LogP contribution in [-0.4, -0.2) is 28.9 Å². The van der Waals surface area contributed by atoms with Gasteiger partial charge in [-0.1, -0.05) is 62.7 Å². The van der Waals surface area contributed by atoms with Crippen molar-refractivity contribution >= 4 is 11.8 Å². The molecule has 0 spiro atoms. The van der Waals surface area contributed by atoms with Gasteiger partial charge in [0.25, 0.3) is 5.91 Å². The molecule has 1 saturated heterocycles. The molecule has 1 unspecified atom stereocenters. The second kappa shape index (κ2) is 11.5. The number of nitrogens with two attached hydrogens (primary N) is 1. The first-order chi connectivity index (χ1) is 17.5. The number of alkyl halides is 3. The van der Waals surface area contributed by atoms with Crippen LogP contribution in [0, 0.1) is 17.2 Å². The van der Waals surface area contributed by atoms with E-state index in [2.05, 4.69) is 6.07 Å². The van der Waals surface area contributed by atoms with Gasteiger partial charge < -0.3 is 5.73 Å². The van der Waals surface area contributed by atoms with Crippen LogP contribution in [-0.2, 0) is 27.7 Å². The third-order valence-corrected chi connectivity index (χ3v) is 7.86. The molecule has 2 amide bonds. The molecule has 0 saturated carbocycles. The van der Waals surface area contributed by atoms with E-state index in [4.69, 9.17) is 5.73 Å². The second-order valence-corrected chi connectivity index (χ2v) is 10.4. The SMILES string of the molecule is CC(C)[C@@](C#N)(CCCCC(=O)[N@@+]1(Cc2cccc(C(F)(F)F)c2)CCCC1C(N)=O)c1ccccc1. The molecule has 3 rings (SSSR count). The van der Waals surface area contributed by atoms with E-state index in [9.17, 15) is 28.0 Å². The Morgan fingerprint density at radius 1 is 1.08 bits per heavy atom. The third-order valence-electron chi connectivity index (χ3n) is 7.86. The van der Waals surface area contributed by atoms with Crippen molar-refractivity contribution in [3.8, 4) is 6.07 Å². The number of nitrogens with zero attached hydrogens (tertiary/aromatic N) is 2. The summed E-state index contributed by atoms with van der Waals surface area (Å²) in [5, 5.41) is 10.1. The molecule has 8 heteroatoms. The van der Waals surface area contributed by atoms with Gasteiger partial charge >= 0.3 is 12.1 Å². The summed E-state index contributed by atoms with van der Waals surface area (Å²) in [6.07, 6.45) is -1.60. The molecular weight excluding hydrogens is 479 g/mol. The first kappa shape index (κ1) is 28.4. The zero-order valence-electron chi connectivity index (χ0n) is 21.4. The Morgan fingerprint density at radius 2 is 1.76 bits per heavy atom. The average Bonchev–Trinajstić information content (AvgIpc) is 3.29. The smallest absolute Gasteiger partial charge is 0.364 e. The number of carbonyl (C=O) groups excluding carboxylic acids is 2. The van der Waals surface area contributed by atoms with Crippen LogP contribution in [0.1, 0.15) is 69.1 Å².